The van der Waals surface area contributed by atoms with Crippen molar-refractivity contribution in [2.75, 3.05) is 11.4 Å². The summed E-state index contributed by atoms with van der Waals surface area (Å²) in [4.78, 5) is 6.59. The summed E-state index contributed by atoms with van der Waals surface area (Å²) < 4.78 is 37.9. The van der Waals surface area contributed by atoms with Gasteiger partial charge in [0.1, 0.15) is 6.54 Å². The molecule has 1 aromatic heterocycles. The Hall–Kier alpha value is -0.820. The fourth-order valence-electron chi connectivity index (χ4n) is 1.66. The van der Waals surface area contributed by atoms with Gasteiger partial charge in [-0.2, -0.15) is 13.2 Å². The van der Waals surface area contributed by atoms with E-state index in [1.165, 1.54) is 16.2 Å². The molecule has 0 fully saturated rings. The van der Waals surface area contributed by atoms with Crippen molar-refractivity contribution in [3.63, 3.8) is 0 Å². The van der Waals surface area contributed by atoms with Crippen LogP contribution in [0.1, 0.15) is 38.3 Å². The van der Waals surface area contributed by atoms with Crippen LogP contribution < -0.4 is 10.2 Å². The lowest BCUT2D eigenvalue weighted by Gasteiger charge is -2.27. The highest BCUT2D eigenvalue weighted by Crippen LogP contribution is 2.30. The third kappa shape index (κ3) is 5.28. The first-order valence-electron chi connectivity index (χ1n) is 6.63. The maximum Gasteiger partial charge on any atom is 0.406 e. The summed E-state index contributed by atoms with van der Waals surface area (Å²) in [5.74, 6) is 0. The van der Waals surface area contributed by atoms with Gasteiger partial charge in [0.05, 0.1) is 5.69 Å². The van der Waals surface area contributed by atoms with E-state index in [1.54, 1.807) is 13.8 Å². The van der Waals surface area contributed by atoms with Crippen LogP contribution in [0.3, 0.4) is 0 Å². The van der Waals surface area contributed by atoms with Crippen LogP contribution in [0.5, 0.6) is 0 Å². The lowest BCUT2D eigenvalue weighted by molar-refractivity contribution is -0.120. The molecule has 116 valence electrons. The van der Waals surface area contributed by atoms with Crippen molar-refractivity contribution in [2.24, 2.45) is 0 Å². The number of hydrogen-bond acceptors (Lipinski definition) is 4. The maximum atomic E-state index is 12.6. The van der Waals surface area contributed by atoms with Crippen molar-refractivity contribution in [3.05, 3.63) is 10.6 Å². The quantitative estimate of drug-likeness (QED) is 0.868. The number of anilines is 1. The first-order valence-corrected chi connectivity index (χ1v) is 7.45. The third-order valence-electron chi connectivity index (χ3n) is 2.77. The largest absolute Gasteiger partial charge is 0.406 e. The number of alkyl halides is 3. The standard InChI is InChI=1S/C13H22F3N3S/c1-8(2)17-6-11-10(5)18-12(20-11)19(9(3)4)7-13(14,15)16/h8-9,17H,6-7H2,1-5H3. The molecule has 0 radical (unpaired) electrons. The summed E-state index contributed by atoms with van der Waals surface area (Å²) in [6.07, 6.45) is -4.22. The summed E-state index contributed by atoms with van der Waals surface area (Å²) in [6, 6.07) is 0.0874. The van der Waals surface area contributed by atoms with Crippen LogP contribution in [0.2, 0.25) is 0 Å². The molecule has 0 aromatic carbocycles. The van der Waals surface area contributed by atoms with Crippen LogP contribution >= 0.6 is 11.3 Å². The molecule has 1 aromatic rings. The topological polar surface area (TPSA) is 28.2 Å². The molecule has 1 rings (SSSR count). The number of hydrogen-bond donors (Lipinski definition) is 1. The van der Waals surface area contributed by atoms with Gasteiger partial charge in [-0.25, -0.2) is 4.98 Å². The molecule has 0 spiro atoms. The summed E-state index contributed by atoms with van der Waals surface area (Å²) in [5.41, 5.74) is 0.797. The molecule has 0 atom stereocenters. The number of thiazole rings is 1. The molecule has 7 heteroatoms. The van der Waals surface area contributed by atoms with Gasteiger partial charge < -0.3 is 10.2 Å². The second kappa shape index (κ2) is 6.76. The second-order valence-corrected chi connectivity index (χ2v) is 6.44. The average Bonchev–Trinajstić information content (AvgIpc) is 2.63. The molecule has 0 saturated carbocycles. The molecule has 3 nitrogen and oxygen atoms in total. The molecular weight excluding hydrogens is 287 g/mol. The van der Waals surface area contributed by atoms with Crippen molar-refractivity contribution in [1.82, 2.24) is 10.3 Å². The van der Waals surface area contributed by atoms with E-state index in [9.17, 15) is 13.2 Å². The zero-order valence-electron chi connectivity index (χ0n) is 12.5. The number of rotatable bonds is 6. The molecular formula is C13H22F3N3S. The van der Waals surface area contributed by atoms with Crippen molar-refractivity contribution in [1.29, 1.82) is 0 Å². The monoisotopic (exact) mass is 309 g/mol. The first kappa shape index (κ1) is 17.2. The van der Waals surface area contributed by atoms with Crippen LogP contribution in [0, 0.1) is 6.92 Å². The van der Waals surface area contributed by atoms with Gasteiger partial charge in [-0.1, -0.05) is 13.8 Å². The fourth-order valence-corrected chi connectivity index (χ4v) is 2.81. The number of aryl methyl sites for hydroxylation is 1. The van der Waals surface area contributed by atoms with E-state index in [1.807, 2.05) is 20.8 Å². The van der Waals surface area contributed by atoms with Crippen LogP contribution in [-0.4, -0.2) is 29.8 Å². The molecule has 0 amide bonds. The zero-order chi connectivity index (χ0) is 15.5. The average molecular weight is 309 g/mol. The van der Waals surface area contributed by atoms with E-state index < -0.39 is 12.7 Å². The van der Waals surface area contributed by atoms with Crippen LogP contribution in [0.25, 0.3) is 0 Å². The normalized spacial score (nSPS) is 12.5. The summed E-state index contributed by atoms with van der Waals surface area (Å²) in [7, 11) is 0. The summed E-state index contributed by atoms with van der Waals surface area (Å²) in [5, 5.41) is 3.70. The van der Waals surface area contributed by atoms with Gasteiger partial charge in [0.15, 0.2) is 5.13 Å². The summed E-state index contributed by atoms with van der Waals surface area (Å²) >= 11 is 1.33. The molecule has 0 aliphatic rings. The van der Waals surface area contributed by atoms with Crippen molar-refractivity contribution in [2.45, 2.75) is 59.4 Å². The lowest BCUT2D eigenvalue weighted by atomic mass is 10.3. The summed E-state index contributed by atoms with van der Waals surface area (Å²) in [6.45, 7) is 9.06. The van der Waals surface area contributed by atoms with E-state index >= 15 is 0 Å². The Morgan fingerprint density at radius 3 is 2.30 bits per heavy atom. The Bertz CT molecular complexity index is 427. The van der Waals surface area contributed by atoms with Gasteiger partial charge in [-0.3, -0.25) is 0 Å². The highest BCUT2D eigenvalue weighted by Gasteiger charge is 2.33. The lowest BCUT2D eigenvalue weighted by Crippen LogP contribution is -2.39. The van der Waals surface area contributed by atoms with Gasteiger partial charge >= 0.3 is 6.18 Å². The Labute approximate surface area is 122 Å². The van der Waals surface area contributed by atoms with E-state index in [2.05, 4.69) is 10.3 Å². The Morgan fingerprint density at radius 2 is 1.85 bits per heavy atom. The predicted molar refractivity (Wildman–Crippen MR) is 77.4 cm³/mol. The molecule has 0 aliphatic heterocycles. The highest BCUT2D eigenvalue weighted by molar-refractivity contribution is 7.15. The number of aromatic nitrogens is 1. The number of nitrogens with one attached hydrogen (secondary N) is 1. The van der Waals surface area contributed by atoms with Gasteiger partial charge in [-0.05, 0) is 20.8 Å². The minimum Gasteiger partial charge on any atom is -0.337 e. The van der Waals surface area contributed by atoms with Crippen molar-refractivity contribution < 1.29 is 13.2 Å². The molecule has 0 saturated heterocycles. The Balaban J connectivity index is 2.90. The van der Waals surface area contributed by atoms with E-state index in [4.69, 9.17) is 0 Å². The second-order valence-electron chi connectivity index (χ2n) is 5.38. The molecule has 0 bridgehead atoms. The van der Waals surface area contributed by atoms with Gasteiger partial charge in [-0.15, -0.1) is 11.3 Å². The van der Waals surface area contributed by atoms with Crippen LogP contribution in [0.4, 0.5) is 18.3 Å². The zero-order valence-corrected chi connectivity index (χ0v) is 13.3. The Kier molecular flexibility index (Phi) is 5.82. The van der Waals surface area contributed by atoms with Gasteiger partial charge in [0.2, 0.25) is 0 Å². The highest BCUT2D eigenvalue weighted by atomic mass is 32.1. The van der Waals surface area contributed by atoms with Crippen molar-refractivity contribution >= 4 is 16.5 Å². The van der Waals surface area contributed by atoms with Gasteiger partial charge in [0, 0.05) is 23.5 Å². The Morgan fingerprint density at radius 1 is 1.25 bits per heavy atom. The molecule has 1 heterocycles. The van der Waals surface area contributed by atoms with Crippen LogP contribution in [0.15, 0.2) is 0 Å². The molecule has 1 N–H and O–H groups in total. The predicted octanol–water partition coefficient (Wildman–Crippen LogP) is 3.73. The fraction of sp³-hybridized carbons (Fsp3) is 0.769. The minimum absolute atomic E-state index is 0.243. The van der Waals surface area contributed by atoms with Crippen molar-refractivity contribution in [3.8, 4) is 0 Å². The van der Waals surface area contributed by atoms with Gasteiger partial charge in [0.25, 0.3) is 0 Å². The number of nitrogens with zero attached hydrogens (tertiary/aromatic N) is 2. The molecule has 0 unspecified atom stereocenters. The van der Waals surface area contributed by atoms with E-state index in [-0.39, 0.29) is 6.04 Å². The molecule has 20 heavy (non-hydrogen) atoms. The SMILES string of the molecule is Cc1nc(N(CC(F)(F)F)C(C)C)sc1CNC(C)C. The third-order valence-corrected chi connectivity index (χ3v) is 3.97. The first-order chi connectivity index (χ1) is 9.10. The van der Waals surface area contributed by atoms with E-state index in [0.29, 0.717) is 17.7 Å². The van der Waals surface area contributed by atoms with Crippen LogP contribution in [-0.2, 0) is 6.54 Å². The minimum atomic E-state index is -4.22. The number of halogens is 3. The maximum absolute atomic E-state index is 12.6. The van der Waals surface area contributed by atoms with E-state index in [0.717, 1.165) is 10.6 Å². The molecule has 0 aliphatic carbocycles. The smallest absolute Gasteiger partial charge is 0.337 e.